The molecule has 1 rings (SSSR count). The maximum atomic E-state index is 8.41. The molecule has 0 saturated heterocycles. The van der Waals surface area contributed by atoms with E-state index in [1.165, 1.54) is 5.56 Å². The van der Waals surface area contributed by atoms with Crippen LogP contribution >= 0.6 is 15.9 Å². The minimum atomic E-state index is 0.614. The first-order chi connectivity index (χ1) is 7.79. The van der Waals surface area contributed by atoms with Crippen LogP contribution in [0.15, 0.2) is 18.2 Å². The summed E-state index contributed by atoms with van der Waals surface area (Å²) < 4.78 is 5.77. The maximum Gasteiger partial charge on any atom is 0.126 e. The average Bonchev–Trinajstić information content (AvgIpc) is 2.30. The summed E-state index contributed by atoms with van der Waals surface area (Å²) in [5, 5.41) is 9.22. The van der Waals surface area contributed by atoms with Crippen LogP contribution in [0.25, 0.3) is 0 Å². The molecule has 0 spiro atoms. The van der Waals surface area contributed by atoms with Crippen molar-refractivity contribution in [1.82, 2.24) is 0 Å². The molecule has 16 heavy (non-hydrogen) atoms. The number of para-hydroxylation sites is 1. The Kier molecular flexibility index (Phi) is 5.95. The van der Waals surface area contributed by atoms with Crippen LogP contribution in [-0.4, -0.2) is 6.61 Å². The van der Waals surface area contributed by atoms with Crippen molar-refractivity contribution in [2.45, 2.75) is 31.5 Å². The van der Waals surface area contributed by atoms with Crippen molar-refractivity contribution < 1.29 is 4.74 Å². The molecule has 0 radical (unpaired) electrons. The summed E-state index contributed by atoms with van der Waals surface area (Å²) in [4.78, 5) is 0. The van der Waals surface area contributed by atoms with Crippen molar-refractivity contribution in [3.8, 4) is 11.8 Å². The lowest BCUT2D eigenvalue weighted by atomic mass is 10.1. The van der Waals surface area contributed by atoms with E-state index in [1.54, 1.807) is 0 Å². The van der Waals surface area contributed by atoms with Gasteiger partial charge in [-0.05, 0) is 25.3 Å². The minimum absolute atomic E-state index is 0.614. The van der Waals surface area contributed by atoms with Crippen LogP contribution in [-0.2, 0) is 5.33 Å². The predicted octanol–water partition coefficient (Wildman–Crippen LogP) is 3.96. The smallest absolute Gasteiger partial charge is 0.126 e. The molecular formula is C13H16BrNO. The Bertz CT molecular complexity index is 371. The first-order valence-electron chi connectivity index (χ1n) is 5.43. The molecular weight excluding hydrogens is 266 g/mol. The van der Waals surface area contributed by atoms with E-state index >= 15 is 0 Å². The third kappa shape index (κ3) is 3.86. The third-order valence-electron chi connectivity index (χ3n) is 2.37. The topological polar surface area (TPSA) is 33.0 Å². The normalized spacial score (nSPS) is 9.81. The molecule has 2 nitrogen and oxygen atoms in total. The summed E-state index contributed by atoms with van der Waals surface area (Å²) in [7, 11) is 0. The van der Waals surface area contributed by atoms with Gasteiger partial charge < -0.3 is 4.74 Å². The fraction of sp³-hybridized carbons (Fsp3) is 0.462. The summed E-state index contributed by atoms with van der Waals surface area (Å²) in [5.74, 6) is 0.983. The quantitative estimate of drug-likeness (QED) is 0.584. The van der Waals surface area contributed by atoms with Crippen LogP contribution in [0.2, 0.25) is 0 Å². The fourth-order valence-electron chi connectivity index (χ4n) is 1.51. The second-order valence-electron chi connectivity index (χ2n) is 3.66. The zero-order chi connectivity index (χ0) is 11.8. The molecule has 3 heteroatoms. The number of nitriles is 1. The Labute approximate surface area is 105 Å². The van der Waals surface area contributed by atoms with E-state index in [0.29, 0.717) is 13.0 Å². The van der Waals surface area contributed by atoms with Crippen LogP contribution < -0.4 is 4.74 Å². The summed E-state index contributed by atoms with van der Waals surface area (Å²) in [6, 6.07) is 8.29. The summed E-state index contributed by atoms with van der Waals surface area (Å²) in [5.41, 5.74) is 2.34. The number of unbranched alkanes of at least 4 members (excludes halogenated alkanes) is 2. The lowest BCUT2D eigenvalue weighted by Crippen LogP contribution is -2.01. The second-order valence-corrected chi connectivity index (χ2v) is 4.22. The zero-order valence-electron chi connectivity index (χ0n) is 9.50. The van der Waals surface area contributed by atoms with Crippen LogP contribution in [0.5, 0.6) is 5.75 Å². The van der Waals surface area contributed by atoms with E-state index in [1.807, 2.05) is 6.07 Å². The maximum absolute atomic E-state index is 8.41. The Hall–Kier alpha value is -1.01. The third-order valence-corrected chi connectivity index (χ3v) is 2.97. The van der Waals surface area contributed by atoms with Crippen molar-refractivity contribution in [2.24, 2.45) is 0 Å². The van der Waals surface area contributed by atoms with Gasteiger partial charge in [0.05, 0.1) is 12.7 Å². The molecule has 0 aromatic heterocycles. The van der Waals surface area contributed by atoms with Gasteiger partial charge in [-0.15, -0.1) is 0 Å². The molecule has 0 unspecified atom stereocenters. The first-order valence-corrected chi connectivity index (χ1v) is 6.56. The van der Waals surface area contributed by atoms with Gasteiger partial charge in [-0.3, -0.25) is 0 Å². The number of hydrogen-bond acceptors (Lipinski definition) is 2. The number of nitrogens with zero attached hydrogens (tertiary/aromatic N) is 1. The van der Waals surface area contributed by atoms with E-state index < -0.39 is 0 Å². The Balaban J connectivity index is 2.50. The SMILES string of the molecule is Cc1cccc(CBr)c1OCCCCC#N. The Morgan fingerprint density at radius 2 is 2.19 bits per heavy atom. The lowest BCUT2D eigenvalue weighted by Gasteiger charge is -2.12. The zero-order valence-corrected chi connectivity index (χ0v) is 11.1. The predicted molar refractivity (Wildman–Crippen MR) is 68.8 cm³/mol. The number of benzene rings is 1. The highest BCUT2D eigenvalue weighted by Gasteiger charge is 2.05. The number of alkyl halides is 1. The molecule has 0 atom stereocenters. The van der Waals surface area contributed by atoms with E-state index in [0.717, 1.165) is 29.5 Å². The highest BCUT2D eigenvalue weighted by molar-refractivity contribution is 9.08. The Morgan fingerprint density at radius 3 is 2.88 bits per heavy atom. The van der Waals surface area contributed by atoms with Gasteiger partial charge in [0, 0.05) is 17.3 Å². The van der Waals surface area contributed by atoms with E-state index in [2.05, 4.69) is 41.1 Å². The average molecular weight is 282 g/mol. The summed E-state index contributed by atoms with van der Waals surface area (Å²) in [6.07, 6.45) is 2.46. The molecule has 0 aliphatic carbocycles. The van der Waals surface area contributed by atoms with Crippen LogP contribution in [0.3, 0.4) is 0 Å². The van der Waals surface area contributed by atoms with Crippen molar-refractivity contribution in [2.75, 3.05) is 6.61 Å². The summed E-state index contributed by atoms with van der Waals surface area (Å²) in [6.45, 7) is 2.74. The number of ether oxygens (including phenoxy) is 1. The van der Waals surface area contributed by atoms with Gasteiger partial charge in [-0.2, -0.15) is 5.26 Å². The molecule has 0 fully saturated rings. The van der Waals surface area contributed by atoms with E-state index in [4.69, 9.17) is 10.00 Å². The van der Waals surface area contributed by atoms with Gasteiger partial charge in [-0.25, -0.2) is 0 Å². The monoisotopic (exact) mass is 281 g/mol. The molecule has 0 amide bonds. The van der Waals surface area contributed by atoms with Crippen molar-refractivity contribution in [3.05, 3.63) is 29.3 Å². The van der Waals surface area contributed by atoms with Crippen molar-refractivity contribution in [1.29, 1.82) is 5.26 Å². The molecule has 86 valence electrons. The van der Waals surface area contributed by atoms with Gasteiger partial charge >= 0.3 is 0 Å². The summed E-state index contributed by atoms with van der Waals surface area (Å²) >= 11 is 3.45. The second kappa shape index (κ2) is 7.29. The lowest BCUT2D eigenvalue weighted by molar-refractivity contribution is 0.303. The van der Waals surface area contributed by atoms with Crippen LogP contribution in [0.4, 0.5) is 0 Å². The van der Waals surface area contributed by atoms with E-state index in [9.17, 15) is 0 Å². The van der Waals surface area contributed by atoms with E-state index in [-0.39, 0.29) is 0 Å². The van der Waals surface area contributed by atoms with Gasteiger partial charge in [0.25, 0.3) is 0 Å². The fourth-order valence-corrected chi connectivity index (χ4v) is 1.95. The van der Waals surface area contributed by atoms with Crippen LogP contribution in [0, 0.1) is 18.3 Å². The number of hydrogen-bond donors (Lipinski definition) is 0. The Morgan fingerprint density at radius 1 is 1.38 bits per heavy atom. The highest BCUT2D eigenvalue weighted by Crippen LogP contribution is 2.25. The largest absolute Gasteiger partial charge is 0.493 e. The molecule has 1 aromatic carbocycles. The molecule has 0 bridgehead atoms. The van der Waals surface area contributed by atoms with Crippen LogP contribution in [0.1, 0.15) is 30.4 Å². The van der Waals surface area contributed by atoms with Crippen molar-refractivity contribution in [3.63, 3.8) is 0 Å². The molecule has 0 aliphatic rings. The van der Waals surface area contributed by atoms with Gasteiger partial charge in [-0.1, -0.05) is 34.1 Å². The molecule has 0 saturated carbocycles. The number of rotatable bonds is 6. The molecule has 0 heterocycles. The minimum Gasteiger partial charge on any atom is -0.493 e. The van der Waals surface area contributed by atoms with Gasteiger partial charge in [0.1, 0.15) is 5.75 Å². The van der Waals surface area contributed by atoms with Crippen molar-refractivity contribution >= 4 is 15.9 Å². The van der Waals surface area contributed by atoms with Gasteiger partial charge in [0.2, 0.25) is 0 Å². The standard InChI is InChI=1S/C13H16BrNO/c1-11-6-5-7-12(10-14)13(11)16-9-4-2-3-8-15/h5-7H,2-4,9-10H2,1H3. The number of aryl methyl sites for hydroxylation is 1. The number of halogens is 1. The highest BCUT2D eigenvalue weighted by atomic mass is 79.9. The molecule has 1 aromatic rings. The first kappa shape index (κ1) is 13.1. The molecule has 0 N–H and O–H groups in total. The van der Waals surface area contributed by atoms with Gasteiger partial charge in [0.15, 0.2) is 0 Å². The molecule has 0 aliphatic heterocycles.